The lowest BCUT2D eigenvalue weighted by Gasteiger charge is -2.19. The van der Waals surface area contributed by atoms with Crippen LogP contribution >= 0.6 is 0 Å². The molecule has 0 spiro atoms. The first-order chi connectivity index (χ1) is 15.6. The molecule has 0 unspecified atom stereocenters. The van der Waals surface area contributed by atoms with Gasteiger partial charge in [-0.2, -0.15) is 0 Å². The number of benzene rings is 1. The van der Waals surface area contributed by atoms with Crippen molar-refractivity contribution in [2.75, 3.05) is 24.7 Å². The molecule has 1 aromatic carbocycles. The standard InChI is InChI=1S/C22H22FN7O2/c1-2-17-20(29-11-15-5-8-32-12-18(15)28-22(29)27-17)21(31)25-10-14-3-4-19(16(23)9-14)30-7-6-24-13-26-30/h3-4,9,11H,2,5-8,10,12H2,1H3,(H,25,31). The molecule has 3 aromatic rings. The van der Waals surface area contributed by atoms with E-state index < -0.39 is 5.82 Å². The molecule has 9 nitrogen and oxygen atoms in total. The number of anilines is 1. The van der Waals surface area contributed by atoms with Crippen LogP contribution in [0, 0.1) is 5.82 Å². The Labute approximate surface area is 183 Å². The van der Waals surface area contributed by atoms with Gasteiger partial charge in [0, 0.05) is 12.7 Å². The number of ether oxygens (including phenoxy) is 1. The third kappa shape index (κ3) is 3.74. The van der Waals surface area contributed by atoms with E-state index in [2.05, 4.69) is 31.4 Å². The quantitative estimate of drug-likeness (QED) is 0.664. The first kappa shape index (κ1) is 20.3. The Balaban J connectivity index is 1.37. The van der Waals surface area contributed by atoms with Crippen molar-refractivity contribution in [1.29, 1.82) is 0 Å². The molecule has 2 aliphatic rings. The number of aliphatic imine (C=N–C) groups is 1. The molecule has 164 valence electrons. The number of nitrogens with one attached hydrogen (secondary N) is 1. The Morgan fingerprint density at radius 1 is 1.34 bits per heavy atom. The molecule has 2 aromatic heterocycles. The Bertz CT molecular complexity index is 1260. The summed E-state index contributed by atoms with van der Waals surface area (Å²) in [5, 5.41) is 8.37. The summed E-state index contributed by atoms with van der Waals surface area (Å²) in [5.41, 5.74) is 4.06. The van der Waals surface area contributed by atoms with Crippen molar-refractivity contribution in [3.8, 4) is 0 Å². The number of carbonyl (C=O) groups excluding carboxylic acids is 1. The number of halogens is 1. The van der Waals surface area contributed by atoms with Gasteiger partial charge in [-0.15, -0.1) is 5.10 Å². The molecule has 0 saturated carbocycles. The van der Waals surface area contributed by atoms with Crippen LogP contribution in [0.3, 0.4) is 0 Å². The van der Waals surface area contributed by atoms with Crippen molar-refractivity contribution in [3.63, 3.8) is 0 Å². The summed E-state index contributed by atoms with van der Waals surface area (Å²) in [6, 6.07) is 7.33. The molecule has 1 amide bonds. The highest BCUT2D eigenvalue weighted by molar-refractivity contribution is 5.94. The summed E-state index contributed by atoms with van der Waals surface area (Å²) < 4.78 is 21.8. The fraction of sp³-hybridized carbons (Fsp3) is 0.364. The van der Waals surface area contributed by atoms with Gasteiger partial charge in [0.15, 0.2) is 0 Å². The SMILES string of the molecule is CCc1nc2nc3c(cn2c1C(=O)NCc1ccc(N2CCN=C=N2)c(F)c1)CCOC3. The number of carbonyl (C=O) groups is 1. The van der Waals surface area contributed by atoms with E-state index in [0.717, 1.165) is 17.7 Å². The van der Waals surface area contributed by atoms with Gasteiger partial charge in [-0.25, -0.2) is 19.4 Å². The fourth-order valence-corrected chi connectivity index (χ4v) is 3.90. The van der Waals surface area contributed by atoms with Crippen LogP contribution in [0.25, 0.3) is 5.78 Å². The highest BCUT2D eigenvalue weighted by atomic mass is 19.1. The molecule has 2 aliphatic heterocycles. The zero-order valence-corrected chi connectivity index (χ0v) is 17.6. The van der Waals surface area contributed by atoms with Crippen molar-refractivity contribution < 1.29 is 13.9 Å². The van der Waals surface area contributed by atoms with E-state index >= 15 is 0 Å². The number of hydrogen-bond acceptors (Lipinski definition) is 7. The number of fused-ring (bicyclic) bond motifs is 2. The second kappa shape index (κ2) is 8.49. The second-order valence-corrected chi connectivity index (χ2v) is 7.62. The lowest BCUT2D eigenvalue weighted by molar-refractivity contribution is 0.0943. The molecule has 4 heterocycles. The van der Waals surface area contributed by atoms with E-state index in [1.165, 1.54) is 11.1 Å². The van der Waals surface area contributed by atoms with Gasteiger partial charge in [0.25, 0.3) is 5.91 Å². The van der Waals surface area contributed by atoms with Crippen molar-refractivity contribution in [3.05, 3.63) is 58.4 Å². The smallest absolute Gasteiger partial charge is 0.270 e. The monoisotopic (exact) mass is 435 g/mol. The minimum atomic E-state index is -0.411. The van der Waals surface area contributed by atoms with Gasteiger partial charge in [-0.3, -0.25) is 14.2 Å². The van der Waals surface area contributed by atoms with Gasteiger partial charge in [-0.05, 0) is 36.1 Å². The van der Waals surface area contributed by atoms with E-state index in [1.807, 2.05) is 13.1 Å². The highest BCUT2D eigenvalue weighted by Crippen LogP contribution is 2.22. The van der Waals surface area contributed by atoms with Crippen LogP contribution in [-0.2, 0) is 30.7 Å². The number of hydrogen-bond donors (Lipinski definition) is 1. The molecular weight excluding hydrogens is 413 g/mol. The number of nitrogens with zero attached hydrogens (tertiary/aromatic N) is 6. The van der Waals surface area contributed by atoms with Gasteiger partial charge < -0.3 is 10.1 Å². The van der Waals surface area contributed by atoms with Crippen molar-refractivity contribution in [1.82, 2.24) is 19.7 Å². The highest BCUT2D eigenvalue weighted by Gasteiger charge is 2.22. The van der Waals surface area contributed by atoms with Crippen molar-refractivity contribution in [2.24, 2.45) is 10.1 Å². The molecule has 0 radical (unpaired) electrons. The molecule has 1 N–H and O–H groups in total. The van der Waals surface area contributed by atoms with Crippen LogP contribution in [0.15, 0.2) is 34.5 Å². The number of hydrazone groups is 1. The molecule has 0 saturated heterocycles. The number of imidazole rings is 1. The lowest BCUT2D eigenvalue weighted by Crippen LogP contribution is -2.26. The third-order valence-electron chi connectivity index (χ3n) is 5.56. The largest absolute Gasteiger partial charge is 0.375 e. The summed E-state index contributed by atoms with van der Waals surface area (Å²) in [7, 11) is 0. The molecule has 0 bridgehead atoms. The summed E-state index contributed by atoms with van der Waals surface area (Å²) in [4.78, 5) is 26.1. The predicted octanol–water partition coefficient (Wildman–Crippen LogP) is 2.34. The third-order valence-corrected chi connectivity index (χ3v) is 5.56. The van der Waals surface area contributed by atoms with E-state index in [-0.39, 0.29) is 12.5 Å². The minimum absolute atomic E-state index is 0.184. The van der Waals surface area contributed by atoms with Gasteiger partial charge in [0.1, 0.15) is 17.5 Å². The van der Waals surface area contributed by atoms with Gasteiger partial charge in [0.05, 0.1) is 43.4 Å². The van der Waals surface area contributed by atoms with Crippen LogP contribution in [-0.4, -0.2) is 46.0 Å². The van der Waals surface area contributed by atoms with Gasteiger partial charge in [-0.1, -0.05) is 13.0 Å². The Morgan fingerprint density at radius 3 is 3.03 bits per heavy atom. The normalized spacial score (nSPS) is 15.2. The van der Waals surface area contributed by atoms with Crippen LogP contribution in [0.1, 0.15) is 39.9 Å². The summed E-state index contributed by atoms with van der Waals surface area (Å²) in [5.74, 6) is -0.201. The van der Waals surface area contributed by atoms with Gasteiger partial charge >= 0.3 is 0 Å². The Hall–Kier alpha value is -3.62. The molecule has 10 heteroatoms. The fourth-order valence-electron chi connectivity index (χ4n) is 3.90. The molecule has 0 atom stereocenters. The molecule has 0 fully saturated rings. The maximum absolute atomic E-state index is 14.6. The van der Waals surface area contributed by atoms with E-state index in [9.17, 15) is 9.18 Å². The van der Waals surface area contributed by atoms with Crippen LogP contribution < -0.4 is 10.3 Å². The average molecular weight is 435 g/mol. The Kier molecular flexibility index (Phi) is 5.38. The summed E-state index contributed by atoms with van der Waals surface area (Å²) >= 11 is 0. The van der Waals surface area contributed by atoms with E-state index in [1.54, 1.807) is 16.5 Å². The molecular formula is C22H22FN7O2. The van der Waals surface area contributed by atoms with Gasteiger partial charge in [0.2, 0.25) is 5.78 Å². The molecule has 32 heavy (non-hydrogen) atoms. The van der Waals surface area contributed by atoms with Crippen LogP contribution in [0.5, 0.6) is 0 Å². The predicted molar refractivity (Wildman–Crippen MR) is 115 cm³/mol. The first-order valence-electron chi connectivity index (χ1n) is 10.6. The zero-order valence-electron chi connectivity index (χ0n) is 17.6. The zero-order chi connectivity index (χ0) is 22.1. The van der Waals surface area contributed by atoms with E-state index in [4.69, 9.17) is 4.74 Å². The van der Waals surface area contributed by atoms with Crippen molar-refractivity contribution in [2.45, 2.75) is 32.9 Å². The minimum Gasteiger partial charge on any atom is -0.375 e. The lowest BCUT2D eigenvalue weighted by atomic mass is 10.1. The second-order valence-electron chi connectivity index (χ2n) is 7.62. The Morgan fingerprint density at radius 2 is 2.25 bits per heavy atom. The van der Waals surface area contributed by atoms with Crippen LogP contribution in [0.4, 0.5) is 10.1 Å². The summed E-state index contributed by atoms with van der Waals surface area (Å²) in [6.07, 6.45) is 3.27. The first-order valence-corrected chi connectivity index (χ1v) is 10.6. The maximum Gasteiger partial charge on any atom is 0.270 e. The maximum atomic E-state index is 14.6. The van der Waals surface area contributed by atoms with E-state index in [0.29, 0.717) is 61.1 Å². The topological polar surface area (TPSA) is 96.5 Å². The summed E-state index contributed by atoms with van der Waals surface area (Å²) in [6.45, 7) is 4.24. The number of aromatic nitrogens is 3. The average Bonchev–Trinajstić information content (AvgIpc) is 3.19. The molecule has 5 rings (SSSR count). The number of aryl methyl sites for hydroxylation is 1. The molecule has 0 aliphatic carbocycles. The van der Waals surface area contributed by atoms with Crippen molar-refractivity contribution >= 4 is 23.4 Å². The number of amides is 1. The number of rotatable bonds is 5. The van der Waals surface area contributed by atoms with Crippen LogP contribution in [0.2, 0.25) is 0 Å².